The first-order chi connectivity index (χ1) is 12.8. The van der Waals surface area contributed by atoms with Gasteiger partial charge in [-0.25, -0.2) is 4.98 Å². The minimum absolute atomic E-state index is 0.0183. The molecule has 2 atom stereocenters. The Hall–Kier alpha value is -2.18. The Morgan fingerprint density at radius 1 is 1.33 bits per heavy atom. The summed E-state index contributed by atoms with van der Waals surface area (Å²) in [7, 11) is -1.16. The molecular weight excluding hydrogens is 354 g/mol. The first kappa shape index (κ1) is 18.2. The Labute approximate surface area is 161 Å². The van der Waals surface area contributed by atoms with Gasteiger partial charge in [0.2, 0.25) is 5.91 Å². The van der Waals surface area contributed by atoms with Crippen molar-refractivity contribution in [3.63, 3.8) is 0 Å². The van der Waals surface area contributed by atoms with Crippen LogP contribution in [0.2, 0.25) is 25.7 Å². The predicted octanol–water partition coefficient (Wildman–Crippen LogP) is 3.55. The standard InChI is InChI=1S/C21H27N3O2Si/c1-27(2,3)10-9-26-13-18-16-7-6-15(22)11-14(16)12-21(18)17-5-4-8-23-19(17)24-20(21)25/h4-8,11,18H,9-10,12-13,22H2,1-3H3,(H,23,24,25)/t18?,21-/m0/s1. The summed E-state index contributed by atoms with van der Waals surface area (Å²) in [6.45, 7) is 8.31. The molecular formula is C21H27N3O2Si. The lowest BCUT2D eigenvalue weighted by Crippen LogP contribution is -2.40. The van der Waals surface area contributed by atoms with Gasteiger partial charge in [0.05, 0.1) is 12.0 Å². The van der Waals surface area contributed by atoms with E-state index >= 15 is 0 Å². The van der Waals surface area contributed by atoms with Crippen LogP contribution in [-0.4, -0.2) is 32.2 Å². The highest BCUT2D eigenvalue weighted by atomic mass is 28.3. The highest BCUT2D eigenvalue weighted by Crippen LogP contribution is 2.54. The van der Waals surface area contributed by atoms with Crippen LogP contribution in [0.5, 0.6) is 0 Å². The van der Waals surface area contributed by atoms with Gasteiger partial charge >= 0.3 is 0 Å². The Balaban J connectivity index is 1.69. The van der Waals surface area contributed by atoms with Crippen LogP contribution in [0, 0.1) is 0 Å². The van der Waals surface area contributed by atoms with Gasteiger partial charge < -0.3 is 15.8 Å². The van der Waals surface area contributed by atoms with Gasteiger partial charge in [0.25, 0.3) is 0 Å². The molecule has 0 fully saturated rings. The Bertz CT molecular complexity index is 893. The van der Waals surface area contributed by atoms with E-state index in [1.807, 2.05) is 24.3 Å². The van der Waals surface area contributed by atoms with Crippen molar-refractivity contribution in [2.75, 3.05) is 24.3 Å². The average molecular weight is 382 g/mol. The van der Waals surface area contributed by atoms with Crippen LogP contribution >= 0.6 is 0 Å². The molecule has 2 heterocycles. The summed E-state index contributed by atoms with van der Waals surface area (Å²) in [6, 6.07) is 11.0. The molecule has 1 spiro atoms. The number of nitrogens with two attached hydrogens (primary N) is 1. The second-order valence-corrected chi connectivity index (χ2v) is 14.5. The number of carbonyl (C=O) groups excluding carboxylic acids is 1. The van der Waals surface area contributed by atoms with Gasteiger partial charge in [0.15, 0.2) is 0 Å². The number of ether oxygens (including phenoxy) is 1. The van der Waals surface area contributed by atoms with E-state index in [-0.39, 0.29) is 11.8 Å². The van der Waals surface area contributed by atoms with Crippen molar-refractivity contribution in [1.29, 1.82) is 0 Å². The molecule has 5 nitrogen and oxygen atoms in total. The number of hydrogen-bond acceptors (Lipinski definition) is 4. The summed E-state index contributed by atoms with van der Waals surface area (Å²) in [4.78, 5) is 17.6. The topological polar surface area (TPSA) is 77.2 Å². The van der Waals surface area contributed by atoms with Gasteiger partial charge in [-0.15, -0.1) is 0 Å². The Morgan fingerprint density at radius 2 is 2.15 bits per heavy atom. The van der Waals surface area contributed by atoms with Gasteiger partial charge in [-0.1, -0.05) is 31.8 Å². The van der Waals surface area contributed by atoms with Crippen molar-refractivity contribution in [2.45, 2.75) is 43.4 Å². The highest BCUT2D eigenvalue weighted by molar-refractivity contribution is 6.76. The molecule has 1 aromatic carbocycles. The van der Waals surface area contributed by atoms with Crippen molar-refractivity contribution in [1.82, 2.24) is 4.98 Å². The molecule has 1 aliphatic heterocycles. The van der Waals surface area contributed by atoms with E-state index in [1.165, 1.54) is 5.56 Å². The molecule has 2 aromatic rings. The van der Waals surface area contributed by atoms with Crippen molar-refractivity contribution in [2.24, 2.45) is 0 Å². The second-order valence-electron chi connectivity index (χ2n) is 8.90. The van der Waals surface area contributed by atoms with Crippen LogP contribution in [0.4, 0.5) is 11.5 Å². The molecule has 0 saturated carbocycles. The number of benzene rings is 1. The molecule has 3 N–H and O–H groups in total. The predicted molar refractivity (Wildman–Crippen MR) is 111 cm³/mol. The van der Waals surface area contributed by atoms with E-state index in [2.05, 4.69) is 36.0 Å². The number of nitrogens with zero attached hydrogens (tertiary/aromatic N) is 1. The minimum Gasteiger partial charge on any atom is -0.399 e. The van der Waals surface area contributed by atoms with E-state index in [1.54, 1.807) is 6.20 Å². The van der Waals surface area contributed by atoms with Gasteiger partial charge in [0, 0.05) is 38.0 Å². The van der Waals surface area contributed by atoms with Crippen LogP contribution in [0.25, 0.3) is 0 Å². The number of carbonyl (C=O) groups is 1. The normalized spacial score (nSPS) is 23.4. The number of nitrogen functional groups attached to an aromatic ring is 1. The van der Waals surface area contributed by atoms with E-state index in [4.69, 9.17) is 10.5 Å². The van der Waals surface area contributed by atoms with Crippen LogP contribution in [0.15, 0.2) is 36.5 Å². The number of amides is 1. The summed E-state index contributed by atoms with van der Waals surface area (Å²) in [5.41, 5.74) is 9.38. The summed E-state index contributed by atoms with van der Waals surface area (Å²) in [5.74, 6) is 0.667. The molecule has 0 radical (unpaired) electrons. The second kappa shape index (κ2) is 6.46. The van der Waals surface area contributed by atoms with Crippen molar-refractivity contribution >= 4 is 25.5 Å². The van der Waals surface area contributed by atoms with Gasteiger partial charge in [-0.3, -0.25) is 4.79 Å². The summed E-state index contributed by atoms with van der Waals surface area (Å²) < 4.78 is 6.13. The van der Waals surface area contributed by atoms with Crippen LogP contribution in [0.1, 0.15) is 22.6 Å². The van der Waals surface area contributed by atoms with Crippen molar-refractivity contribution in [3.8, 4) is 0 Å². The first-order valence-corrected chi connectivity index (χ1v) is 13.2. The fourth-order valence-corrected chi connectivity index (χ4v) is 5.10. The zero-order chi connectivity index (χ0) is 19.2. The van der Waals surface area contributed by atoms with Crippen LogP contribution in [0.3, 0.4) is 0 Å². The zero-order valence-corrected chi connectivity index (χ0v) is 17.2. The zero-order valence-electron chi connectivity index (χ0n) is 16.2. The highest BCUT2D eigenvalue weighted by Gasteiger charge is 2.57. The SMILES string of the molecule is C[Si](C)(C)CCOCC1c2ccc(N)cc2C[C@@]12C(=O)Nc1ncccc12. The molecule has 1 aromatic heterocycles. The largest absolute Gasteiger partial charge is 0.399 e. The van der Waals surface area contributed by atoms with Gasteiger partial charge in [-0.2, -0.15) is 0 Å². The number of aromatic nitrogens is 1. The van der Waals surface area contributed by atoms with Crippen LogP contribution < -0.4 is 11.1 Å². The molecule has 6 heteroatoms. The lowest BCUT2D eigenvalue weighted by Gasteiger charge is -2.30. The number of fused-ring (bicyclic) bond motifs is 3. The molecule has 142 valence electrons. The number of rotatable bonds is 5. The molecule has 2 aliphatic rings. The molecule has 1 unspecified atom stereocenters. The molecule has 27 heavy (non-hydrogen) atoms. The molecule has 0 bridgehead atoms. The maximum absolute atomic E-state index is 13.2. The lowest BCUT2D eigenvalue weighted by molar-refractivity contribution is -0.122. The third-order valence-corrected chi connectivity index (χ3v) is 7.52. The van der Waals surface area contributed by atoms with E-state index in [0.29, 0.717) is 18.8 Å². The third-order valence-electron chi connectivity index (χ3n) is 5.81. The monoisotopic (exact) mass is 381 g/mol. The number of anilines is 2. The molecule has 1 aliphatic carbocycles. The smallest absolute Gasteiger partial charge is 0.237 e. The van der Waals surface area contributed by atoms with E-state index in [9.17, 15) is 4.79 Å². The Kier molecular flexibility index (Phi) is 4.35. The lowest BCUT2D eigenvalue weighted by atomic mass is 9.72. The summed E-state index contributed by atoms with van der Waals surface area (Å²) in [6.07, 6.45) is 2.36. The molecule has 1 amide bonds. The van der Waals surface area contributed by atoms with Gasteiger partial charge in [0.1, 0.15) is 5.82 Å². The summed E-state index contributed by atoms with van der Waals surface area (Å²) >= 11 is 0. The fourth-order valence-electron chi connectivity index (χ4n) is 4.35. The van der Waals surface area contributed by atoms with Gasteiger partial charge in [-0.05, 0) is 41.8 Å². The summed E-state index contributed by atoms with van der Waals surface area (Å²) in [5, 5.41) is 2.99. The van der Waals surface area contributed by atoms with E-state index in [0.717, 1.165) is 29.5 Å². The first-order valence-electron chi connectivity index (χ1n) is 9.54. The average Bonchev–Trinajstić information content (AvgIpc) is 3.06. The molecule has 0 saturated heterocycles. The van der Waals surface area contributed by atoms with Crippen LogP contribution in [-0.2, 0) is 21.4 Å². The fraction of sp³-hybridized carbons (Fsp3) is 0.429. The minimum atomic E-state index is -1.16. The Morgan fingerprint density at radius 3 is 2.93 bits per heavy atom. The van der Waals surface area contributed by atoms with Crippen molar-refractivity contribution in [3.05, 3.63) is 53.2 Å². The third kappa shape index (κ3) is 3.06. The maximum Gasteiger partial charge on any atom is 0.237 e. The van der Waals surface area contributed by atoms with Crippen molar-refractivity contribution < 1.29 is 9.53 Å². The maximum atomic E-state index is 13.2. The number of hydrogen-bond donors (Lipinski definition) is 2. The van der Waals surface area contributed by atoms with E-state index < -0.39 is 13.5 Å². The quantitative estimate of drug-likeness (QED) is 0.472. The molecule has 4 rings (SSSR count). The number of pyridine rings is 1. The number of nitrogens with one attached hydrogen (secondary N) is 1.